The predicted molar refractivity (Wildman–Crippen MR) is 102 cm³/mol. The first-order chi connectivity index (χ1) is 14.1. The minimum absolute atomic E-state index is 0.0888. The van der Waals surface area contributed by atoms with Gasteiger partial charge >= 0.3 is 5.97 Å². The zero-order valence-electron chi connectivity index (χ0n) is 15.2. The van der Waals surface area contributed by atoms with Crippen LogP contribution in [-0.2, 0) is 9.53 Å². The number of methoxy groups -OCH3 is 1. The summed E-state index contributed by atoms with van der Waals surface area (Å²) < 4.78 is 16.7. The lowest BCUT2D eigenvalue weighted by Crippen LogP contribution is -2.14. The highest BCUT2D eigenvalue weighted by Crippen LogP contribution is 2.34. The molecular weight excluding hydrogens is 398 g/mol. The Bertz CT molecular complexity index is 1070. The van der Waals surface area contributed by atoms with Crippen LogP contribution in [0.15, 0.2) is 47.6 Å². The van der Waals surface area contributed by atoms with Gasteiger partial charge < -0.3 is 19.5 Å². The summed E-state index contributed by atoms with van der Waals surface area (Å²) in [5.41, 5.74) is 1.55. The highest BCUT2D eigenvalue weighted by atomic mass is 32.2. The molecule has 1 aliphatic heterocycles. The number of esters is 1. The maximum absolute atomic E-state index is 12.3. The standard InChI is InChI=1S/C18H15N5O5S/c1-26-17(25)11-3-2-4-13(7-11)23-18(20-21-22-23)29-9-16(24)19-12-5-6-14-15(8-12)28-10-27-14/h2-8H,9-10H2,1H3,(H,19,24). The average molecular weight is 413 g/mol. The number of aromatic nitrogens is 4. The molecule has 2 heterocycles. The smallest absolute Gasteiger partial charge is 0.337 e. The van der Waals surface area contributed by atoms with Crippen LogP contribution in [0.3, 0.4) is 0 Å². The van der Waals surface area contributed by atoms with Crippen LogP contribution in [0.5, 0.6) is 11.5 Å². The number of hydrogen-bond donors (Lipinski definition) is 1. The van der Waals surface area contributed by atoms with E-state index in [1.54, 1.807) is 42.5 Å². The number of nitrogens with one attached hydrogen (secondary N) is 1. The van der Waals surface area contributed by atoms with Gasteiger partial charge in [0.25, 0.3) is 0 Å². The van der Waals surface area contributed by atoms with Gasteiger partial charge in [-0.1, -0.05) is 17.8 Å². The van der Waals surface area contributed by atoms with Crippen molar-refractivity contribution >= 4 is 29.3 Å². The summed E-state index contributed by atoms with van der Waals surface area (Å²) in [7, 11) is 1.31. The van der Waals surface area contributed by atoms with Crippen LogP contribution in [0.4, 0.5) is 5.69 Å². The first-order valence-electron chi connectivity index (χ1n) is 8.43. The molecule has 4 rings (SSSR count). The molecule has 0 unspecified atom stereocenters. The molecule has 1 N–H and O–H groups in total. The second-order valence-electron chi connectivity index (χ2n) is 5.82. The molecule has 10 nitrogen and oxygen atoms in total. The van der Waals surface area contributed by atoms with Crippen molar-refractivity contribution < 1.29 is 23.8 Å². The Labute approximate surface area is 169 Å². The van der Waals surface area contributed by atoms with Gasteiger partial charge in [0.05, 0.1) is 24.1 Å². The Morgan fingerprint density at radius 3 is 2.93 bits per heavy atom. The van der Waals surface area contributed by atoms with Gasteiger partial charge in [0, 0.05) is 11.8 Å². The van der Waals surface area contributed by atoms with Crippen LogP contribution < -0.4 is 14.8 Å². The van der Waals surface area contributed by atoms with E-state index in [-0.39, 0.29) is 18.5 Å². The van der Waals surface area contributed by atoms with Crippen LogP contribution in [0.2, 0.25) is 0 Å². The number of carbonyl (C=O) groups excluding carboxylic acids is 2. The number of rotatable bonds is 6. The van der Waals surface area contributed by atoms with E-state index in [1.165, 1.54) is 11.8 Å². The number of carbonyl (C=O) groups is 2. The van der Waals surface area contributed by atoms with E-state index in [4.69, 9.17) is 14.2 Å². The van der Waals surface area contributed by atoms with Gasteiger partial charge in [-0.15, -0.1) is 5.10 Å². The predicted octanol–water partition coefficient (Wildman–Crippen LogP) is 1.91. The van der Waals surface area contributed by atoms with Gasteiger partial charge in [-0.25, -0.2) is 4.79 Å². The highest BCUT2D eigenvalue weighted by Gasteiger charge is 2.16. The SMILES string of the molecule is COC(=O)c1cccc(-n2nnnc2SCC(=O)Nc2ccc3c(c2)OCO3)c1. The molecule has 0 spiro atoms. The number of hydrogen-bond acceptors (Lipinski definition) is 9. The monoisotopic (exact) mass is 413 g/mol. The van der Waals surface area contributed by atoms with Crippen molar-refractivity contribution in [3.05, 3.63) is 48.0 Å². The van der Waals surface area contributed by atoms with Crippen molar-refractivity contribution in [2.75, 3.05) is 25.0 Å². The molecule has 0 saturated carbocycles. The normalized spacial score (nSPS) is 11.9. The van der Waals surface area contributed by atoms with E-state index in [9.17, 15) is 9.59 Å². The van der Waals surface area contributed by atoms with E-state index in [0.29, 0.717) is 33.6 Å². The number of amides is 1. The van der Waals surface area contributed by atoms with Crippen LogP contribution in [-0.4, -0.2) is 51.7 Å². The van der Waals surface area contributed by atoms with E-state index < -0.39 is 5.97 Å². The van der Waals surface area contributed by atoms with Gasteiger partial charge in [0.15, 0.2) is 11.5 Å². The molecule has 1 aromatic heterocycles. The lowest BCUT2D eigenvalue weighted by molar-refractivity contribution is -0.113. The second-order valence-corrected chi connectivity index (χ2v) is 6.76. The second kappa shape index (κ2) is 8.19. The summed E-state index contributed by atoms with van der Waals surface area (Å²) >= 11 is 1.16. The minimum Gasteiger partial charge on any atom is -0.465 e. The zero-order chi connectivity index (χ0) is 20.2. The Morgan fingerprint density at radius 1 is 1.21 bits per heavy atom. The lowest BCUT2D eigenvalue weighted by atomic mass is 10.2. The molecule has 0 aliphatic carbocycles. The molecule has 1 amide bonds. The largest absolute Gasteiger partial charge is 0.465 e. The summed E-state index contributed by atoms with van der Waals surface area (Å²) in [5, 5.41) is 14.7. The maximum Gasteiger partial charge on any atom is 0.337 e. The number of anilines is 1. The number of fused-ring (bicyclic) bond motifs is 1. The molecule has 11 heteroatoms. The van der Waals surface area contributed by atoms with Crippen molar-refractivity contribution in [3.8, 4) is 17.2 Å². The van der Waals surface area contributed by atoms with Crippen LogP contribution >= 0.6 is 11.8 Å². The number of ether oxygens (including phenoxy) is 3. The highest BCUT2D eigenvalue weighted by molar-refractivity contribution is 7.99. The van der Waals surface area contributed by atoms with E-state index in [0.717, 1.165) is 11.8 Å². The molecule has 1 aliphatic rings. The molecule has 29 heavy (non-hydrogen) atoms. The minimum atomic E-state index is -0.461. The molecule has 0 atom stereocenters. The maximum atomic E-state index is 12.3. The molecule has 0 fully saturated rings. The third-order valence-corrected chi connectivity index (χ3v) is 4.86. The molecule has 0 bridgehead atoms. The summed E-state index contributed by atoms with van der Waals surface area (Å²) in [5.74, 6) is 0.630. The van der Waals surface area contributed by atoms with Crippen molar-refractivity contribution in [3.63, 3.8) is 0 Å². The number of benzene rings is 2. The van der Waals surface area contributed by atoms with Crippen LogP contribution in [0, 0.1) is 0 Å². The van der Waals surface area contributed by atoms with Crippen LogP contribution in [0.1, 0.15) is 10.4 Å². The molecule has 3 aromatic rings. The molecular formula is C18H15N5O5S. The van der Waals surface area contributed by atoms with Gasteiger partial charge in [0.2, 0.25) is 17.9 Å². The summed E-state index contributed by atoms with van der Waals surface area (Å²) in [6.45, 7) is 0.169. The lowest BCUT2D eigenvalue weighted by Gasteiger charge is -2.07. The van der Waals surface area contributed by atoms with Gasteiger partial charge in [0.1, 0.15) is 0 Å². The van der Waals surface area contributed by atoms with Crippen molar-refractivity contribution in [2.24, 2.45) is 0 Å². The Morgan fingerprint density at radius 2 is 2.07 bits per heavy atom. The fourth-order valence-corrected chi connectivity index (χ4v) is 3.31. The van der Waals surface area contributed by atoms with E-state index in [1.807, 2.05) is 0 Å². The summed E-state index contributed by atoms with van der Waals surface area (Å²) in [4.78, 5) is 24.0. The van der Waals surface area contributed by atoms with Crippen molar-refractivity contribution in [1.82, 2.24) is 20.2 Å². The van der Waals surface area contributed by atoms with Gasteiger partial charge in [-0.3, -0.25) is 4.79 Å². The quantitative estimate of drug-likeness (QED) is 0.477. The number of thioether (sulfide) groups is 1. The van der Waals surface area contributed by atoms with Crippen LogP contribution in [0.25, 0.3) is 5.69 Å². The Kier molecular flexibility index (Phi) is 5.29. The Balaban J connectivity index is 1.42. The Hall–Kier alpha value is -3.60. The summed E-state index contributed by atoms with van der Waals surface area (Å²) in [6, 6.07) is 11.9. The third-order valence-electron chi connectivity index (χ3n) is 3.94. The molecule has 148 valence electrons. The first-order valence-corrected chi connectivity index (χ1v) is 9.42. The topological polar surface area (TPSA) is 117 Å². The average Bonchev–Trinajstić information content (AvgIpc) is 3.40. The molecule has 0 saturated heterocycles. The van der Waals surface area contributed by atoms with Gasteiger partial charge in [-0.2, -0.15) is 4.68 Å². The number of tetrazole rings is 1. The first kappa shape index (κ1) is 18.7. The fourth-order valence-electron chi connectivity index (χ4n) is 2.61. The fraction of sp³-hybridized carbons (Fsp3) is 0.167. The molecule has 2 aromatic carbocycles. The molecule has 0 radical (unpaired) electrons. The van der Waals surface area contributed by atoms with E-state index >= 15 is 0 Å². The van der Waals surface area contributed by atoms with Crippen molar-refractivity contribution in [2.45, 2.75) is 5.16 Å². The summed E-state index contributed by atoms with van der Waals surface area (Å²) in [6.07, 6.45) is 0. The van der Waals surface area contributed by atoms with Gasteiger partial charge in [-0.05, 0) is 40.8 Å². The zero-order valence-corrected chi connectivity index (χ0v) is 16.0. The third kappa shape index (κ3) is 4.14. The number of nitrogens with zero attached hydrogens (tertiary/aromatic N) is 4. The van der Waals surface area contributed by atoms with E-state index in [2.05, 4.69) is 20.8 Å². The van der Waals surface area contributed by atoms with Crippen molar-refractivity contribution in [1.29, 1.82) is 0 Å².